The number of nitrogens with one attached hydrogen (secondary N) is 2. The molecule has 0 unspecified atom stereocenters. The number of aromatic amines is 1. The van der Waals surface area contributed by atoms with Gasteiger partial charge in [0.2, 0.25) is 0 Å². The Kier molecular flexibility index (Phi) is 3.95. The average Bonchev–Trinajstić information content (AvgIpc) is 2.93. The largest absolute Gasteiger partial charge is 0.460 e. The van der Waals surface area contributed by atoms with Crippen molar-refractivity contribution in [1.29, 1.82) is 0 Å². The van der Waals surface area contributed by atoms with E-state index in [4.69, 9.17) is 10.2 Å². The van der Waals surface area contributed by atoms with E-state index < -0.39 is 0 Å². The quantitative estimate of drug-likeness (QED) is 0.660. The van der Waals surface area contributed by atoms with Gasteiger partial charge in [-0.1, -0.05) is 0 Å². The van der Waals surface area contributed by atoms with E-state index in [1.165, 1.54) is 0 Å². The smallest absolute Gasteiger partial charge is 0.152 e. The van der Waals surface area contributed by atoms with Gasteiger partial charge in [-0.05, 0) is 38.6 Å². The van der Waals surface area contributed by atoms with E-state index in [2.05, 4.69) is 15.5 Å². The third-order valence-corrected chi connectivity index (χ3v) is 2.58. The summed E-state index contributed by atoms with van der Waals surface area (Å²) in [6.07, 6.45) is 2.80. The molecule has 0 fully saturated rings. The van der Waals surface area contributed by atoms with Gasteiger partial charge in [-0.25, -0.2) is 0 Å². The molecule has 0 atom stereocenters. The maximum atomic E-state index is 5.58. The molecule has 2 aromatic heterocycles. The minimum Gasteiger partial charge on any atom is -0.460 e. The SMILES string of the molecule is Cc1ccc(-c2[nH]ncc2CNCCCN)o1. The summed E-state index contributed by atoms with van der Waals surface area (Å²) in [6, 6.07) is 3.90. The van der Waals surface area contributed by atoms with Crippen LogP contribution >= 0.6 is 0 Å². The van der Waals surface area contributed by atoms with Crippen molar-refractivity contribution in [3.63, 3.8) is 0 Å². The van der Waals surface area contributed by atoms with Crippen molar-refractivity contribution in [3.8, 4) is 11.5 Å². The number of rotatable bonds is 6. The van der Waals surface area contributed by atoms with Crippen molar-refractivity contribution < 1.29 is 4.42 Å². The van der Waals surface area contributed by atoms with Gasteiger partial charge in [-0.3, -0.25) is 5.10 Å². The van der Waals surface area contributed by atoms with Gasteiger partial charge in [0, 0.05) is 12.1 Å². The summed E-state index contributed by atoms with van der Waals surface area (Å²) in [7, 11) is 0. The van der Waals surface area contributed by atoms with E-state index in [9.17, 15) is 0 Å². The first-order valence-electron chi connectivity index (χ1n) is 5.81. The van der Waals surface area contributed by atoms with Crippen molar-refractivity contribution in [2.45, 2.75) is 19.9 Å². The van der Waals surface area contributed by atoms with Crippen LogP contribution in [0.2, 0.25) is 0 Å². The van der Waals surface area contributed by atoms with Gasteiger partial charge < -0.3 is 15.5 Å². The normalized spacial score (nSPS) is 10.9. The van der Waals surface area contributed by atoms with Gasteiger partial charge in [-0.15, -0.1) is 0 Å². The van der Waals surface area contributed by atoms with Crippen LogP contribution in [0.4, 0.5) is 0 Å². The van der Waals surface area contributed by atoms with Gasteiger partial charge >= 0.3 is 0 Å². The predicted molar refractivity (Wildman–Crippen MR) is 66.4 cm³/mol. The summed E-state index contributed by atoms with van der Waals surface area (Å²) < 4.78 is 5.58. The summed E-state index contributed by atoms with van der Waals surface area (Å²) in [6.45, 7) is 4.32. The van der Waals surface area contributed by atoms with Crippen molar-refractivity contribution >= 4 is 0 Å². The van der Waals surface area contributed by atoms with Crippen LogP contribution in [0, 0.1) is 6.92 Å². The molecule has 0 amide bonds. The van der Waals surface area contributed by atoms with Gasteiger partial charge in [0.15, 0.2) is 5.76 Å². The molecule has 0 saturated carbocycles. The van der Waals surface area contributed by atoms with Crippen LogP contribution in [0.5, 0.6) is 0 Å². The first-order chi connectivity index (χ1) is 8.31. The summed E-state index contributed by atoms with van der Waals surface area (Å²) in [4.78, 5) is 0. The van der Waals surface area contributed by atoms with Crippen LogP contribution < -0.4 is 11.1 Å². The molecule has 2 aromatic rings. The Labute approximate surface area is 100 Å². The number of hydrogen-bond acceptors (Lipinski definition) is 4. The van der Waals surface area contributed by atoms with E-state index >= 15 is 0 Å². The number of aryl methyl sites for hydroxylation is 1. The third kappa shape index (κ3) is 2.95. The topological polar surface area (TPSA) is 79.9 Å². The maximum absolute atomic E-state index is 5.58. The highest BCUT2D eigenvalue weighted by atomic mass is 16.3. The van der Waals surface area contributed by atoms with Crippen molar-refractivity contribution in [2.24, 2.45) is 5.73 Å². The molecule has 0 spiro atoms. The highest BCUT2D eigenvalue weighted by Gasteiger charge is 2.10. The number of H-pyrrole nitrogens is 1. The zero-order valence-electron chi connectivity index (χ0n) is 9.99. The Balaban J connectivity index is 2.02. The summed E-state index contributed by atoms with van der Waals surface area (Å²) in [5, 5.41) is 10.3. The molecule has 2 rings (SSSR count). The van der Waals surface area contributed by atoms with E-state index in [0.717, 1.165) is 42.3 Å². The highest BCUT2D eigenvalue weighted by molar-refractivity contribution is 5.56. The second-order valence-corrected chi connectivity index (χ2v) is 4.00. The lowest BCUT2D eigenvalue weighted by Crippen LogP contribution is -2.17. The molecule has 0 radical (unpaired) electrons. The molecule has 5 nitrogen and oxygen atoms in total. The summed E-state index contributed by atoms with van der Waals surface area (Å²) in [5.41, 5.74) is 7.49. The van der Waals surface area contributed by atoms with Gasteiger partial charge in [0.25, 0.3) is 0 Å². The first-order valence-corrected chi connectivity index (χ1v) is 5.81. The van der Waals surface area contributed by atoms with Crippen molar-refractivity contribution in [1.82, 2.24) is 15.5 Å². The Morgan fingerprint density at radius 3 is 3.06 bits per heavy atom. The van der Waals surface area contributed by atoms with E-state index in [1.54, 1.807) is 0 Å². The number of furan rings is 1. The molecule has 0 bridgehead atoms. The monoisotopic (exact) mass is 234 g/mol. The maximum Gasteiger partial charge on any atom is 0.152 e. The zero-order valence-corrected chi connectivity index (χ0v) is 9.99. The van der Waals surface area contributed by atoms with Crippen LogP contribution in [0.15, 0.2) is 22.7 Å². The molecule has 92 valence electrons. The van der Waals surface area contributed by atoms with Gasteiger partial charge in [0.1, 0.15) is 11.5 Å². The highest BCUT2D eigenvalue weighted by Crippen LogP contribution is 2.22. The number of nitrogens with zero attached hydrogens (tertiary/aromatic N) is 1. The lowest BCUT2D eigenvalue weighted by Gasteiger charge is -2.03. The fourth-order valence-corrected chi connectivity index (χ4v) is 1.68. The second kappa shape index (κ2) is 5.65. The van der Waals surface area contributed by atoms with Crippen LogP contribution in [0.25, 0.3) is 11.5 Å². The van der Waals surface area contributed by atoms with Crippen LogP contribution in [-0.4, -0.2) is 23.3 Å². The third-order valence-electron chi connectivity index (χ3n) is 2.58. The first kappa shape index (κ1) is 11.9. The van der Waals surface area contributed by atoms with Crippen LogP contribution in [0.1, 0.15) is 17.7 Å². The molecule has 0 aliphatic carbocycles. The summed E-state index contributed by atoms with van der Waals surface area (Å²) >= 11 is 0. The fraction of sp³-hybridized carbons (Fsp3) is 0.417. The van der Waals surface area contributed by atoms with Crippen LogP contribution in [-0.2, 0) is 6.54 Å². The molecule has 2 heterocycles. The fourth-order valence-electron chi connectivity index (χ4n) is 1.68. The lowest BCUT2D eigenvalue weighted by molar-refractivity contribution is 0.545. The molecule has 0 aromatic carbocycles. The minimum absolute atomic E-state index is 0.711. The summed E-state index contributed by atoms with van der Waals surface area (Å²) in [5.74, 6) is 1.73. The number of aromatic nitrogens is 2. The van der Waals surface area contributed by atoms with Crippen molar-refractivity contribution in [3.05, 3.63) is 29.7 Å². The van der Waals surface area contributed by atoms with E-state index in [0.29, 0.717) is 6.54 Å². The van der Waals surface area contributed by atoms with Crippen molar-refractivity contribution in [2.75, 3.05) is 13.1 Å². The molecule has 0 aliphatic rings. The molecule has 4 N–H and O–H groups in total. The van der Waals surface area contributed by atoms with Gasteiger partial charge in [-0.2, -0.15) is 5.10 Å². The Morgan fingerprint density at radius 2 is 2.35 bits per heavy atom. The number of nitrogens with two attached hydrogens (primary N) is 1. The van der Waals surface area contributed by atoms with Crippen LogP contribution in [0.3, 0.4) is 0 Å². The zero-order chi connectivity index (χ0) is 12.1. The average molecular weight is 234 g/mol. The van der Waals surface area contributed by atoms with E-state index in [1.807, 2.05) is 25.3 Å². The minimum atomic E-state index is 0.711. The molecular weight excluding hydrogens is 216 g/mol. The Morgan fingerprint density at radius 1 is 1.47 bits per heavy atom. The molecule has 0 saturated heterocycles. The lowest BCUT2D eigenvalue weighted by atomic mass is 10.2. The Hall–Kier alpha value is -1.59. The number of hydrogen-bond donors (Lipinski definition) is 3. The molecule has 5 heteroatoms. The van der Waals surface area contributed by atoms with Gasteiger partial charge in [0.05, 0.1) is 6.20 Å². The second-order valence-electron chi connectivity index (χ2n) is 4.00. The molecule has 0 aliphatic heterocycles. The molecular formula is C12H18N4O. The predicted octanol–water partition coefficient (Wildman–Crippen LogP) is 1.42. The molecule has 17 heavy (non-hydrogen) atoms. The van der Waals surface area contributed by atoms with E-state index in [-0.39, 0.29) is 0 Å². The standard InChI is InChI=1S/C12H18N4O/c1-9-3-4-11(17-9)12-10(8-15-16-12)7-14-6-2-5-13/h3-4,8,14H,2,5-7,13H2,1H3,(H,15,16). The Bertz CT molecular complexity index is 461.